The van der Waals surface area contributed by atoms with Gasteiger partial charge in [-0.3, -0.25) is 0 Å². The van der Waals surface area contributed by atoms with Crippen molar-refractivity contribution in [2.75, 3.05) is 24.5 Å². The van der Waals surface area contributed by atoms with Gasteiger partial charge in [-0.1, -0.05) is 6.92 Å². The highest BCUT2D eigenvalue weighted by Crippen LogP contribution is 2.21. The zero-order valence-corrected chi connectivity index (χ0v) is 11.0. The molecule has 1 N–H and O–H groups in total. The van der Waals surface area contributed by atoms with E-state index in [2.05, 4.69) is 35.1 Å². The lowest BCUT2D eigenvalue weighted by atomic mass is 10.1. The minimum atomic E-state index is 0.921. The third-order valence-electron chi connectivity index (χ3n) is 3.34. The average molecular weight is 233 g/mol. The minimum Gasteiger partial charge on any atom is -0.356 e. The summed E-state index contributed by atoms with van der Waals surface area (Å²) in [7, 11) is 0. The molecule has 3 nitrogen and oxygen atoms in total. The van der Waals surface area contributed by atoms with E-state index >= 15 is 0 Å². The molecule has 17 heavy (non-hydrogen) atoms. The van der Waals surface area contributed by atoms with Crippen LogP contribution in [0, 0.1) is 6.92 Å². The second-order valence-corrected chi connectivity index (χ2v) is 4.81. The molecule has 1 aromatic rings. The molecule has 0 amide bonds. The molecule has 3 heteroatoms. The number of anilines is 1. The molecule has 1 aromatic heterocycles. The molecule has 1 saturated heterocycles. The molecule has 2 heterocycles. The van der Waals surface area contributed by atoms with Gasteiger partial charge in [0.1, 0.15) is 5.82 Å². The topological polar surface area (TPSA) is 28.2 Å². The summed E-state index contributed by atoms with van der Waals surface area (Å²) in [5, 5.41) is 3.34. The van der Waals surface area contributed by atoms with Gasteiger partial charge in [-0.15, -0.1) is 0 Å². The van der Waals surface area contributed by atoms with Crippen molar-refractivity contribution in [2.45, 2.75) is 39.7 Å². The fraction of sp³-hybridized carbons (Fsp3) is 0.643. The van der Waals surface area contributed by atoms with Crippen LogP contribution < -0.4 is 10.2 Å². The second kappa shape index (κ2) is 6.01. The zero-order chi connectivity index (χ0) is 12.1. The van der Waals surface area contributed by atoms with E-state index in [1.807, 2.05) is 6.20 Å². The number of nitrogens with one attached hydrogen (secondary N) is 1. The molecule has 1 fully saturated rings. The van der Waals surface area contributed by atoms with E-state index in [1.54, 1.807) is 0 Å². The van der Waals surface area contributed by atoms with Gasteiger partial charge in [0.2, 0.25) is 0 Å². The number of hydrogen-bond acceptors (Lipinski definition) is 3. The largest absolute Gasteiger partial charge is 0.356 e. The van der Waals surface area contributed by atoms with E-state index in [4.69, 9.17) is 0 Å². The van der Waals surface area contributed by atoms with Crippen LogP contribution in [0.5, 0.6) is 0 Å². The third-order valence-corrected chi connectivity index (χ3v) is 3.34. The standard InChI is InChI=1S/C14H23N3/c1-3-15-10-13-9-12(2)14(16-11-13)17-7-5-4-6-8-17/h9,11,15H,3-8,10H2,1-2H3. The number of piperidine rings is 1. The van der Waals surface area contributed by atoms with Gasteiger partial charge in [0.05, 0.1) is 0 Å². The number of pyridine rings is 1. The highest BCUT2D eigenvalue weighted by molar-refractivity contribution is 5.47. The van der Waals surface area contributed by atoms with E-state index in [-0.39, 0.29) is 0 Å². The maximum absolute atomic E-state index is 4.64. The molecule has 0 unspecified atom stereocenters. The first-order chi connectivity index (χ1) is 8.31. The Hall–Kier alpha value is -1.09. The number of aryl methyl sites for hydroxylation is 1. The number of aromatic nitrogens is 1. The number of hydrogen-bond donors (Lipinski definition) is 1. The van der Waals surface area contributed by atoms with Crippen LogP contribution in [0.15, 0.2) is 12.3 Å². The Labute approximate surface area is 104 Å². The third kappa shape index (κ3) is 3.19. The summed E-state index contributed by atoms with van der Waals surface area (Å²) >= 11 is 0. The number of rotatable bonds is 4. The Morgan fingerprint density at radius 3 is 2.71 bits per heavy atom. The fourth-order valence-corrected chi connectivity index (χ4v) is 2.43. The highest BCUT2D eigenvalue weighted by atomic mass is 15.2. The normalized spacial score (nSPS) is 16.2. The van der Waals surface area contributed by atoms with E-state index in [9.17, 15) is 0 Å². The van der Waals surface area contributed by atoms with Crippen molar-refractivity contribution in [2.24, 2.45) is 0 Å². The van der Waals surface area contributed by atoms with E-state index < -0.39 is 0 Å². The lowest BCUT2D eigenvalue weighted by Crippen LogP contribution is -2.30. The van der Waals surface area contributed by atoms with E-state index in [0.29, 0.717) is 0 Å². The van der Waals surface area contributed by atoms with Crippen LogP contribution in [0.25, 0.3) is 0 Å². The van der Waals surface area contributed by atoms with Gasteiger partial charge < -0.3 is 10.2 Å². The van der Waals surface area contributed by atoms with Crippen molar-refractivity contribution in [1.29, 1.82) is 0 Å². The van der Waals surface area contributed by atoms with E-state index in [0.717, 1.165) is 13.1 Å². The quantitative estimate of drug-likeness (QED) is 0.866. The smallest absolute Gasteiger partial charge is 0.131 e. The molecule has 2 rings (SSSR count). The summed E-state index contributed by atoms with van der Waals surface area (Å²) in [6.07, 6.45) is 5.99. The molecule has 0 bridgehead atoms. The van der Waals surface area contributed by atoms with Gasteiger partial charge in [0.25, 0.3) is 0 Å². The Balaban J connectivity index is 2.07. The number of nitrogens with zero attached hydrogens (tertiary/aromatic N) is 2. The van der Waals surface area contributed by atoms with Crippen LogP contribution in [0.1, 0.15) is 37.3 Å². The first-order valence-corrected chi connectivity index (χ1v) is 6.72. The van der Waals surface area contributed by atoms with Gasteiger partial charge in [-0.2, -0.15) is 0 Å². The van der Waals surface area contributed by atoms with Crippen molar-refractivity contribution in [3.05, 3.63) is 23.4 Å². The molecule has 0 saturated carbocycles. The predicted octanol–water partition coefficient (Wildman–Crippen LogP) is 2.49. The van der Waals surface area contributed by atoms with Gasteiger partial charge in [-0.05, 0) is 49.9 Å². The lowest BCUT2D eigenvalue weighted by molar-refractivity contribution is 0.572. The summed E-state index contributed by atoms with van der Waals surface area (Å²) in [6.45, 7) is 8.56. The lowest BCUT2D eigenvalue weighted by Gasteiger charge is -2.29. The SMILES string of the molecule is CCNCc1cnc(N2CCCCC2)c(C)c1. The first kappa shape index (κ1) is 12.4. The summed E-state index contributed by atoms with van der Waals surface area (Å²) in [5.41, 5.74) is 2.59. The summed E-state index contributed by atoms with van der Waals surface area (Å²) in [5.74, 6) is 1.19. The van der Waals surface area contributed by atoms with Crippen molar-refractivity contribution in [3.63, 3.8) is 0 Å². The maximum atomic E-state index is 4.64. The van der Waals surface area contributed by atoms with Gasteiger partial charge in [-0.25, -0.2) is 4.98 Å². The molecule has 0 aromatic carbocycles. The molecular formula is C14H23N3. The van der Waals surface area contributed by atoms with Crippen molar-refractivity contribution >= 4 is 5.82 Å². The van der Waals surface area contributed by atoms with Gasteiger partial charge in [0.15, 0.2) is 0 Å². The summed E-state index contributed by atoms with van der Waals surface area (Å²) in [6, 6.07) is 2.26. The Bertz CT molecular complexity index is 356. The van der Waals surface area contributed by atoms with Gasteiger partial charge in [0, 0.05) is 25.8 Å². The van der Waals surface area contributed by atoms with Gasteiger partial charge >= 0.3 is 0 Å². The summed E-state index contributed by atoms with van der Waals surface area (Å²) < 4.78 is 0. The van der Waals surface area contributed by atoms with E-state index in [1.165, 1.54) is 49.3 Å². The molecule has 0 atom stereocenters. The average Bonchev–Trinajstić information content (AvgIpc) is 2.37. The van der Waals surface area contributed by atoms with Crippen LogP contribution >= 0.6 is 0 Å². The Kier molecular flexibility index (Phi) is 4.37. The molecule has 0 radical (unpaired) electrons. The van der Waals surface area contributed by atoms with Crippen molar-refractivity contribution in [3.8, 4) is 0 Å². The Morgan fingerprint density at radius 2 is 2.06 bits per heavy atom. The first-order valence-electron chi connectivity index (χ1n) is 6.72. The molecule has 0 spiro atoms. The predicted molar refractivity (Wildman–Crippen MR) is 72.4 cm³/mol. The minimum absolute atomic E-state index is 0.921. The molecule has 0 aliphatic carbocycles. The monoisotopic (exact) mass is 233 g/mol. The van der Waals surface area contributed by atoms with Crippen LogP contribution in [0.3, 0.4) is 0 Å². The molecular weight excluding hydrogens is 210 g/mol. The molecule has 1 aliphatic heterocycles. The molecule has 94 valence electrons. The summed E-state index contributed by atoms with van der Waals surface area (Å²) in [4.78, 5) is 7.07. The van der Waals surface area contributed by atoms with Crippen LogP contribution in [-0.4, -0.2) is 24.6 Å². The second-order valence-electron chi connectivity index (χ2n) is 4.81. The van der Waals surface area contributed by atoms with Crippen LogP contribution in [0.4, 0.5) is 5.82 Å². The van der Waals surface area contributed by atoms with Crippen molar-refractivity contribution < 1.29 is 0 Å². The van der Waals surface area contributed by atoms with Crippen LogP contribution in [0.2, 0.25) is 0 Å². The Morgan fingerprint density at radius 1 is 1.29 bits per heavy atom. The highest BCUT2D eigenvalue weighted by Gasteiger charge is 2.14. The molecule has 1 aliphatic rings. The van der Waals surface area contributed by atoms with Crippen LogP contribution in [-0.2, 0) is 6.54 Å². The maximum Gasteiger partial charge on any atom is 0.131 e. The zero-order valence-electron chi connectivity index (χ0n) is 11.0. The fourth-order valence-electron chi connectivity index (χ4n) is 2.43. The van der Waals surface area contributed by atoms with Crippen molar-refractivity contribution in [1.82, 2.24) is 10.3 Å².